The average Bonchev–Trinajstić information content (AvgIpc) is 2.76. The lowest BCUT2D eigenvalue weighted by Gasteiger charge is -2.13. The fourth-order valence-corrected chi connectivity index (χ4v) is 3.67. The number of aliphatic imine (C=N–C) groups is 1. The molecule has 0 saturated carbocycles. The molecule has 0 aliphatic heterocycles. The number of nitrogens with one attached hydrogen (secondary N) is 2. The van der Waals surface area contributed by atoms with E-state index in [1.54, 1.807) is 19.2 Å². The SMILES string of the molecule is CC/C=C(/SNc1ccc(F)c(-c2ccc3nc(NF)ncc3c2)c1F)C(C)=NC. The van der Waals surface area contributed by atoms with Gasteiger partial charge < -0.3 is 4.72 Å². The van der Waals surface area contributed by atoms with Crippen molar-refractivity contribution in [3.05, 3.63) is 59.1 Å². The van der Waals surface area contributed by atoms with E-state index >= 15 is 4.39 Å². The third-order valence-corrected chi connectivity index (χ3v) is 5.40. The minimum absolute atomic E-state index is 0.149. The van der Waals surface area contributed by atoms with Gasteiger partial charge in [0, 0.05) is 29.2 Å². The van der Waals surface area contributed by atoms with Crippen LogP contribution in [0.25, 0.3) is 22.0 Å². The van der Waals surface area contributed by atoms with Gasteiger partial charge in [-0.2, -0.15) is 5.54 Å². The maximum Gasteiger partial charge on any atom is 0.251 e. The van der Waals surface area contributed by atoms with Crippen molar-refractivity contribution in [3.8, 4) is 11.1 Å². The van der Waals surface area contributed by atoms with Crippen LogP contribution in [-0.4, -0.2) is 22.7 Å². The van der Waals surface area contributed by atoms with E-state index in [0.717, 1.165) is 17.0 Å². The molecule has 0 saturated heterocycles. The fourth-order valence-electron chi connectivity index (χ4n) is 2.80. The highest BCUT2D eigenvalue weighted by molar-refractivity contribution is 8.05. The molecule has 0 aliphatic carbocycles. The summed E-state index contributed by atoms with van der Waals surface area (Å²) >= 11 is 1.22. The molecule has 0 unspecified atom stereocenters. The molecule has 1 heterocycles. The van der Waals surface area contributed by atoms with E-state index in [0.29, 0.717) is 16.5 Å². The second-order valence-electron chi connectivity index (χ2n) is 6.34. The molecule has 30 heavy (non-hydrogen) atoms. The molecule has 156 valence electrons. The van der Waals surface area contributed by atoms with Gasteiger partial charge in [0.25, 0.3) is 5.95 Å². The highest BCUT2D eigenvalue weighted by Crippen LogP contribution is 2.34. The van der Waals surface area contributed by atoms with E-state index in [1.165, 1.54) is 41.9 Å². The molecule has 3 rings (SSSR count). The van der Waals surface area contributed by atoms with Gasteiger partial charge in [-0.25, -0.2) is 18.7 Å². The highest BCUT2D eigenvalue weighted by Gasteiger charge is 2.17. The number of rotatable bonds is 7. The molecule has 3 aromatic rings. The second kappa shape index (κ2) is 9.62. The molecule has 9 heteroatoms. The molecule has 2 N–H and O–H groups in total. The van der Waals surface area contributed by atoms with E-state index in [1.807, 2.05) is 19.9 Å². The van der Waals surface area contributed by atoms with Crippen molar-refractivity contribution in [2.45, 2.75) is 20.3 Å². The summed E-state index contributed by atoms with van der Waals surface area (Å²) in [5.41, 5.74) is 2.94. The van der Waals surface area contributed by atoms with E-state index in [2.05, 4.69) is 19.7 Å². The van der Waals surface area contributed by atoms with Crippen LogP contribution in [0.3, 0.4) is 0 Å². The summed E-state index contributed by atoms with van der Waals surface area (Å²) in [5.74, 6) is -1.59. The topological polar surface area (TPSA) is 62.2 Å². The second-order valence-corrected chi connectivity index (χ2v) is 7.18. The lowest BCUT2D eigenvalue weighted by Crippen LogP contribution is -2.01. The molecule has 0 spiro atoms. The smallest absolute Gasteiger partial charge is 0.251 e. The van der Waals surface area contributed by atoms with Crippen molar-refractivity contribution in [1.82, 2.24) is 9.97 Å². The van der Waals surface area contributed by atoms with Crippen LogP contribution in [0.15, 0.2) is 52.5 Å². The first-order valence-electron chi connectivity index (χ1n) is 9.17. The summed E-state index contributed by atoms with van der Waals surface area (Å²) in [6, 6.07) is 7.22. The van der Waals surface area contributed by atoms with Crippen LogP contribution in [0.1, 0.15) is 20.3 Å². The molecule has 0 bridgehead atoms. The number of nitrogens with zero attached hydrogens (tertiary/aromatic N) is 3. The molecule has 5 nitrogen and oxygen atoms in total. The Kier molecular flexibility index (Phi) is 6.94. The van der Waals surface area contributed by atoms with Gasteiger partial charge >= 0.3 is 0 Å². The first-order valence-corrected chi connectivity index (χ1v) is 9.98. The molecular weight excluding hydrogens is 411 g/mol. The maximum atomic E-state index is 15.2. The Morgan fingerprint density at radius 2 is 2.03 bits per heavy atom. The largest absolute Gasteiger partial charge is 0.323 e. The molecule has 0 amide bonds. The summed E-state index contributed by atoms with van der Waals surface area (Å²) in [6.45, 7) is 3.86. The molecule has 0 atom stereocenters. The van der Waals surface area contributed by atoms with Gasteiger partial charge in [0.15, 0.2) is 5.82 Å². The summed E-state index contributed by atoms with van der Waals surface area (Å²) in [5, 5.41) is 0.529. The Morgan fingerprint density at radius 3 is 2.73 bits per heavy atom. The Labute approximate surface area is 176 Å². The molecule has 0 fully saturated rings. The van der Waals surface area contributed by atoms with Crippen molar-refractivity contribution in [2.24, 2.45) is 4.99 Å². The zero-order valence-electron chi connectivity index (χ0n) is 16.6. The van der Waals surface area contributed by atoms with E-state index in [9.17, 15) is 8.87 Å². The zero-order valence-corrected chi connectivity index (χ0v) is 17.4. The van der Waals surface area contributed by atoms with Gasteiger partial charge in [-0.3, -0.25) is 4.99 Å². The summed E-state index contributed by atoms with van der Waals surface area (Å²) in [7, 11) is 1.69. The van der Waals surface area contributed by atoms with Gasteiger partial charge in [-0.15, -0.1) is 4.48 Å². The van der Waals surface area contributed by atoms with Gasteiger partial charge in [0.05, 0.1) is 16.8 Å². The predicted octanol–water partition coefficient (Wildman–Crippen LogP) is 6.32. The van der Waals surface area contributed by atoms with Crippen LogP contribution < -0.4 is 10.3 Å². The van der Waals surface area contributed by atoms with Gasteiger partial charge in [-0.05, 0) is 55.1 Å². The van der Waals surface area contributed by atoms with Crippen LogP contribution in [0.4, 0.5) is 24.9 Å². The molecule has 2 aromatic carbocycles. The number of halogens is 3. The number of allylic oxidation sites excluding steroid dienone is 2. The predicted molar refractivity (Wildman–Crippen MR) is 118 cm³/mol. The van der Waals surface area contributed by atoms with Crippen LogP contribution in [0, 0.1) is 11.6 Å². The number of hydrogen-bond acceptors (Lipinski definition) is 6. The quantitative estimate of drug-likeness (QED) is 0.261. The van der Waals surface area contributed by atoms with Gasteiger partial charge in [0.2, 0.25) is 0 Å². The van der Waals surface area contributed by atoms with Crippen LogP contribution in [0.2, 0.25) is 0 Å². The summed E-state index contributed by atoms with van der Waals surface area (Å²) in [6.07, 6.45) is 4.16. The molecule has 0 aliphatic rings. The fraction of sp³-hybridized carbons (Fsp3) is 0.190. The standard InChI is InChI=1S/C21H20F3N5S/c1-4-5-18(12(2)25-3)30-29-17-9-7-15(22)19(20(17)23)13-6-8-16-14(10-13)11-26-21(27-16)28-24/h5-11,29H,4H2,1-3H3,(H,26,27,28)/b18-5+,25-12?. The van der Waals surface area contributed by atoms with Crippen LogP contribution in [-0.2, 0) is 0 Å². The van der Waals surface area contributed by atoms with Crippen molar-refractivity contribution in [3.63, 3.8) is 0 Å². The Hall–Kier alpha value is -3.07. The minimum Gasteiger partial charge on any atom is -0.323 e. The van der Waals surface area contributed by atoms with Crippen molar-refractivity contribution in [2.75, 3.05) is 17.3 Å². The average molecular weight is 431 g/mol. The normalized spacial score (nSPS) is 12.3. The summed E-state index contributed by atoms with van der Waals surface area (Å²) in [4.78, 5) is 12.8. The third-order valence-electron chi connectivity index (χ3n) is 4.40. The number of hydrogen-bond donors (Lipinski definition) is 2. The van der Waals surface area contributed by atoms with Crippen LogP contribution >= 0.6 is 11.9 Å². The van der Waals surface area contributed by atoms with Crippen molar-refractivity contribution >= 4 is 40.2 Å². The lowest BCUT2D eigenvalue weighted by molar-refractivity contribution is 0.592. The third kappa shape index (κ3) is 4.56. The number of anilines is 2. The zero-order chi connectivity index (χ0) is 21.7. The maximum absolute atomic E-state index is 15.2. The first kappa shape index (κ1) is 21.6. The number of benzene rings is 2. The van der Waals surface area contributed by atoms with E-state index in [-0.39, 0.29) is 17.2 Å². The van der Waals surface area contributed by atoms with Crippen LogP contribution in [0.5, 0.6) is 0 Å². The lowest BCUT2D eigenvalue weighted by atomic mass is 10.0. The monoisotopic (exact) mass is 431 g/mol. The minimum atomic E-state index is -0.716. The van der Waals surface area contributed by atoms with Gasteiger partial charge in [0.1, 0.15) is 5.82 Å². The van der Waals surface area contributed by atoms with Crippen molar-refractivity contribution in [1.29, 1.82) is 0 Å². The van der Waals surface area contributed by atoms with E-state index in [4.69, 9.17) is 0 Å². The number of fused-ring (bicyclic) bond motifs is 1. The molecular formula is C21H20F3N5S. The summed E-state index contributed by atoms with van der Waals surface area (Å²) < 4.78 is 45.2. The Bertz CT molecular complexity index is 1130. The first-order chi connectivity index (χ1) is 14.5. The highest BCUT2D eigenvalue weighted by atomic mass is 32.2. The Balaban J connectivity index is 1.96. The number of aromatic nitrogens is 2. The van der Waals surface area contributed by atoms with Crippen molar-refractivity contribution < 1.29 is 13.3 Å². The molecule has 1 aromatic heterocycles. The Morgan fingerprint density at radius 1 is 1.23 bits per heavy atom. The van der Waals surface area contributed by atoms with E-state index < -0.39 is 11.6 Å². The molecule has 0 radical (unpaired) electrons. The van der Waals surface area contributed by atoms with Gasteiger partial charge in [-0.1, -0.05) is 19.1 Å².